The monoisotopic (exact) mass is 342 g/mol. The molecule has 0 unspecified atom stereocenters. The molecule has 2 aromatic rings. The Balaban J connectivity index is 2.28. The summed E-state index contributed by atoms with van der Waals surface area (Å²) in [5.41, 5.74) is 4.29. The number of hydrogen-bond acceptors (Lipinski definition) is 1. The highest BCUT2D eigenvalue weighted by Crippen LogP contribution is 2.11. The number of aliphatic imine (C=N–C) groups is 2. The van der Waals surface area contributed by atoms with Crippen LogP contribution in [0.1, 0.15) is 30.9 Å². The van der Waals surface area contributed by atoms with E-state index in [4.69, 9.17) is 9.98 Å². The molecule has 2 heteroatoms. The lowest BCUT2D eigenvalue weighted by Crippen LogP contribution is -2.06. The lowest BCUT2D eigenvalue weighted by Gasteiger charge is -2.07. The number of nitrogens with zero attached hydrogens (tertiary/aromatic N) is 2. The van der Waals surface area contributed by atoms with Crippen molar-refractivity contribution in [1.29, 1.82) is 0 Å². The van der Waals surface area contributed by atoms with E-state index in [9.17, 15) is 0 Å². The van der Waals surface area contributed by atoms with Crippen molar-refractivity contribution >= 4 is 11.5 Å². The van der Waals surface area contributed by atoms with Crippen LogP contribution in [0.25, 0.3) is 0 Å². The predicted molar refractivity (Wildman–Crippen MR) is 114 cm³/mol. The van der Waals surface area contributed by atoms with Gasteiger partial charge in [-0.2, -0.15) is 0 Å². The topological polar surface area (TPSA) is 24.7 Å². The van der Waals surface area contributed by atoms with Crippen molar-refractivity contribution in [1.82, 2.24) is 0 Å². The molecular formula is C24H26N2. The second kappa shape index (κ2) is 10.8. The molecule has 0 atom stereocenters. The Labute approximate surface area is 157 Å². The zero-order chi connectivity index (χ0) is 18.6. The van der Waals surface area contributed by atoms with E-state index in [1.54, 1.807) is 6.08 Å². The van der Waals surface area contributed by atoms with Gasteiger partial charge in [0.05, 0.1) is 6.54 Å². The summed E-state index contributed by atoms with van der Waals surface area (Å²) >= 11 is 0. The van der Waals surface area contributed by atoms with E-state index in [1.165, 1.54) is 5.56 Å². The molecule has 0 aliphatic rings. The highest BCUT2D eigenvalue weighted by molar-refractivity contribution is 6.07. The molecule has 0 amide bonds. The Hall–Kier alpha value is -3.00. The summed E-state index contributed by atoms with van der Waals surface area (Å²) in [6.07, 6.45) is 7.22. The summed E-state index contributed by atoms with van der Waals surface area (Å²) in [5.74, 6) is 0.770. The highest BCUT2D eigenvalue weighted by Gasteiger charge is 2.05. The smallest absolute Gasteiger partial charge is 0.154 e. The maximum Gasteiger partial charge on any atom is 0.154 e. The summed E-state index contributed by atoms with van der Waals surface area (Å²) in [6, 6.07) is 20.4. The van der Waals surface area contributed by atoms with Gasteiger partial charge < -0.3 is 0 Å². The van der Waals surface area contributed by atoms with Crippen LogP contribution in [0, 0.1) is 0 Å². The largest absolute Gasteiger partial charge is 0.261 e. The number of amidine groups is 1. The van der Waals surface area contributed by atoms with Crippen LogP contribution < -0.4 is 0 Å². The number of hydrogen-bond donors (Lipinski definition) is 0. The molecule has 132 valence electrons. The van der Waals surface area contributed by atoms with Gasteiger partial charge in [-0.05, 0) is 17.6 Å². The SMILES string of the molecule is C=C/C=C\C(=C)CC(CC)=NC(=NCc1ccccc1)c1ccccc1. The van der Waals surface area contributed by atoms with Gasteiger partial charge in [-0.1, -0.05) is 99.0 Å². The fraction of sp³-hybridized carbons (Fsp3) is 0.167. The maximum atomic E-state index is 4.87. The first-order chi connectivity index (χ1) is 12.7. The van der Waals surface area contributed by atoms with Crippen molar-refractivity contribution < 1.29 is 0 Å². The normalized spacial score (nSPS) is 12.3. The summed E-state index contributed by atoms with van der Waals surface area (Å²) in [7, 11) is 0. The molecule has 0 bridgehead atoms. The van der Waals surface area contributed by atoms with Gasteiger partial charge in [0.1, 0.15) is 0 Å². The molecule has 0 aromatic heterocycles. The lowest BCUT2D eigenvalue weighted by molar-refractivity contribution is 1.06. The molecule has 0 aliphatic carbocycles. The van der Waals surface area contributed by atoms with Crippen LogP contribution in [-0.4, -0.2) is 11.5 Å². The van der Waals surface area contributed by atoms with E-state index in [-0.39, 0.29) is 0 Å². The molecule has 0 aliphatic heterocycles. The maximum absolute atomic E-state index is 4.87. The van der Waals surface area contributed by atoms with Crippen molar-refractivity contribution in [3.8, 4) is 0 Å². The summed E-state index contributed by atoms with van der Waals surface area (Å²) in [4.78, 5) is 9.66. The van der Waals surface area contributed by atoms with E-state index in [2.05, 4.69) is 32.2 Å². The Morgan fingerprint density at radius 1 is 1.00 bits per heavy atom. The summed E-state index contributed by atoms with van der Waals surface area (Å²) in [6.45, 7) is 10.5. The molecule has 2 nitrogen and oxygen atoms in total. The standard InChI is InChI=1S/C24H26N2/c1-4-6-13-20(3)18-23(5-2)26-24(22-16-11-8-12-17-22)25-19-21-14-9-7-10-15-21/h4,6-17H,1,3,5,18-19H2,2H3/b13-6-,25-24?,26-23?. The molecular weight excluding hydrogens is 316 g/mol. The van der Waals surface area contributed by atoms with Crippen LogP contribution in [0.15, 0.2) is 108 Å². The molecule has 0 saturated carbocycles. The van der Waals surface area contributed by atoms with Crippen molar-refractivity contribution in [2.45, 2.75) is 26.3 Å². The Morgan fingerprint density at radius 3 is 2.27 bits per heavy atom. The lowest BCUT2D eigenvalue weighted by atomic mass is 10.1. The molecule has 26 heavy (non-hydrogen) atoms. The third-order valence-electron chi connectivity index (χ3n) is 3.86. The summed E-state index contributed by atoms with van der Waals surface area (Å²) in [5, 5.41) is 0. The average Bonchev–Trinajstić information content (AvgIpc) is 2.70. The Morgan fingerprint density at radius 2 is 1.65 bits per heavy atom. The zero-order valence-electron chi connectivity index (χ0n) is 15.4. The molecule has 2 rings (SSSR count). The third-order valence-corrected chi connectivity index (χ3v) is 3.86. The number of allylic oxidation sites excluding steroid dienone is 4. The first-order valence-electron chi connectivity index (χ1n) is 8.90. The van der Waals surface area contributed by atoms with Crippen molar-refractivity contribution in [2.75, 3.05) is 0 Å². The molecule has 0 fully saturated rings. The van der Waals surface area contributed by atoms with E-state index in [0.717, 1.165) is 35.5 Å². The minimum atomic E-state index is 0.614. The average molecular weight is 342 g/mol. The van der Waals surface area contributed by atoms with Gasteiger partial charge in [-0.3, -0.25) is 4.99 Å². The molecule has 2 aromatic carbocycles. The minimum Gasteiger partial charge on any atom is -0.261 e. The van der Waals surface area contributed by atoms with Crippen molar-refractivity contribution in [2.24, 2.45) is 9.98 Å². The van der Waals surface area contributed by atoms with Crippen LogP contribution in [0.5, 0.6) is 0 Å². The fourth-order valence-corrected chi connectivity index (χ4v) is 2.45. The van der Waals surface area contributed by atoms with Gasteiger partial charge in [0.25, 0.3) is 0 Å². The highest BCUT2D eigenvalue weighted by atomic mass is 14.9. The van der Waals surface area contributed by atoms with Gasteiger partial charge in [-0.15, -0.1) is 0 Å². The molecule has 0 saturated heterocycles. The Kier molecular flexibility index (Phi) is 8.01. The predicted octanol–water partition coefficient (Wildman–Crippen LogP) is 6.17. The molecule has 0 spiro atoms. The number of rotatable bonds is 8. The van der Waals surface area contributed by atoms with Gasteiger partial charge in [0.2, 0.25) is 0 Å². The van der Waals surface area contributed by atoms with E-state index in [0.29, 0.717) is 6.54 Å². The quantitative estimate of drug-likeness (QED) is 0.311. The van der Waals surface area contributed by atoms with Gasteiger partial charge >= 0.3 is 0 Å². The van der Waals surface area contributed by atoms with Crippen LogP contribution in [-0.2, 0) is 6.54 Å². The molecule has 0 N–H and O–H groups in total. The van der Waals surface area contributed by atoms with Crippen LogP contribution in [0.2, 0.25) is 0 Å². The van der Waals surface area contributed by atoms with E-state index < -0.39 is 0 Å². The second-order valence-electron chi connectivity index (χ2n) is 5.95. The fourth-order valence-electron chi connectivity index (χ4n) is 2.45. The first-order valence-corrected chi connectivity index (χ1v) is 8.90. The van der Waals surface area contributed by atoms with Crippen LogP contribution in [0.3, 0.4) is 0 Å². The summed E-state index contributed by atoms with van der Waals surface area (Å²) < 4.78 is 0. The number of benzene rings is 2. The van der Waals surface area contributed by atoms with E-state index >= 15 is 0 Å². The molecule has 0 radical (unpaired) electrons. The van der Waals surface area contributed by atoms with Crippen molar-refractivity contribution in [3.63, 3.8) is 0 Å². The van der Waals surface area contributed by atoms with Gasteiger partial charge in [0.15, 0.2) is 5.84 Å². The van der Waals surface area contributed by atoms with Gasteiger partial charge in [0, 0.05) is 17.7 Å². The minimum absolute atomic E-state index is 0.614. The van der Waals surface area contributed by atoms with Crippen molar-refractivity contribution in [3.05, 3.63) is 109 Å². The first kappa shape index (κ1) is 19.3. The van der Waals surface area contributed by atoms with Crippen LogP contribution >= 0.6 is 0 Å². The van der Waals surface area contributed by atoms with Crippen LogP contribution in [0.4, 0.5) is 0 Å². The van der Waals surface area contributed by atoms with E-state index in [1.807, 2.05) is 60.7 Å². The zero-order valence-corrected chi connectivity index (χ0v) is 15.4. The Bertz CT molecular complexity index is 797. The molecule has 0 heterocycles. The second-order valence-corrected chi connectivity index (χ2v) is 5.95. The van der Waals surface area contributed by atoms with Gasteiger partial charge in [-0.25, -0.2) is 4.99 Å². The third kappa shape index (κ3) is 6.48.